The predicted molar refractivity (Wildman–Crippen MR) is 62.3 cm³/mol. The molecule has 2 rings (SSSR count). The van der Waals surface area contributed by atoms with Crippen LogP contribution in [0.4, 0.5) is 8.78 Å². The van der Waals surface area contributed by atoms with E-state index in [2.05, 4.69) is 0 Å². The van der Waals surface area contributed by atoms with Crippen LogP contribution < -0.4 is 4.74 Å². The summed E-state index contributed by atoms with van der Waals surface area (Å²) in [6, 6.07) is 2.93. The molecule has 1 aromatic carbocycles. The minimum Gasteiger partial charge on any atom is -0.481 e. The molecule has 1 fully saturated rings. The third-order valence-electron chi connectivity index (χ3n) is 2.95. The van der Waals surface area contributed by atoms with Crippen LogP contribution in [0.3, 0.4) is 0 Å². The van der Waals surface area contributed by atoms with E-state index in [1.54, 1.807) is 4.90 Å². The smallest absolute Gasteiger partial charge is 0.260 e. The second kappa shape index (κ2) is 5.80. The van der Waals surface area contributed by atoms with E-state index in [0.29, 0.717) is 13.1 Å². The molecule has 0 spiro atoms. The van der Waals surface area contributed by atoms with Gasteiger partial charge in [-0.05, 0) is 31.4 Å². The molecule has 5 heteroatoms. The molecule has 0 unspecified atom stereocenters. The minimum absolute atomic E-state index is 0.182. The highest BCUT2D eigenvalue weighted by Crippen LogP contribution is 2.18. The van der Waals surface area contributed by atoms with Gasteiger partial charge in [-0.25, -0.2) is 8.78 Å². The fraction of sp³-hybridized carbons (Fsp3) is 0.462. The number of amides is 1. The molecule has 1 aliphatic rings. The Morgan fingerprint density at radius 2 is 1.94 bits per heavy atom. The first-order valence-corrected chi connectivity index (χ1v) is 6.02. The van der Waals surface area contributed by atoms with E-state index in [1.807, 2.05) is 0 Å². The van der Waals surface area contributed by atoms with Crippen LogP contribution in [0.5, 0.6) is 5.75 Å². The second-order valence-corrected chi connectivity index (χ2v) is 4.30. The van der Waals surface area contributed by atoms with Crippen molar-refractivity contribution in [3.8, 4) is 5.75 Å². The molecule has 0 atom stereocenters. The number of carbonyl (C=O) groups excluding carboxylic acids is 1. The van der Waals surface area contributed by atoms with E-state index in [0.717, 1.165) is 37.5 Å². The van der Waals surface area contributed by atoms with Gasteiger partial charge in [-0.15, -0.1) is 0 Å². The molecule has 0 aromatic heterocycles. The Balaban J connectivity index is 1.90. The summed E-state index contributed by atoms with van der Waals surface area (Å²) in [7, 11) is 0. The monoisotopic (exact) mass is 255 g/mol. The van der Waals surface area contributed by atoms with Gasteiger partial charge in [0.15, 0.2) is 18.2 Å². The van der Waals surface area contributed by atoms with E-state index in [4.69, 9.17) is 4.74 Å². The second-order valence-electron chi connectivity index (χ2n) is 4.30. The van der Waals surface area contributed by atoms with Gasteiger partial charge < -0.3 is 9.64 Å². The summed E-state index contributed by atoms with van der Waals surface area (Å²) in [6.45, 7) is 1.18. The number of benzene rings is 1. The van der Waals surface area contributed by atoms with Crippen LogP contribution in [0.25, 0.3) is 0 Å². The average Bonchev–Trinajstić information content (AvgIpc) is 2.40. The molecule has 0 radical (unpaired) electrons. The molecule has 1 aromatic rings. The Labute approximate surface area is 104 Å². The lowest BCUT2D eigenvalue weighted by Gasteiger charge is -2.26. The highest BCUT2D eigenvalue weighted by molar-refractivity contribution is 5.77. The SMILES string of the molecule is O=C(COc1cc(F)ccc1F)N1CCCCC1. The molecule has 0 aliphatic carbocycles. The summed E-state index contributed by atoms with van der Waals surface area (Å²) >= 11 is 0. The number of hydrogen-bond acceptors (Lipinski definition) is 2. The van der Waals surface area contributed by atoms with Crippen molar-refractivity contribution >= 4 is 5.91 Å². The van der Waals surface area contributed by atoms with E-state index < -0.39 is 11.6 Å². The standard InChI is InChI=1S/C13H15F2NO2/c14-10-4-5-11(15)12(8-10)18-9-13(17)16-6-2-1-3-7-16/h4-5,8H,1-3,6-7,9H2. The van der Waals surface area contributed by atoms with Crippen LogP contribution in [-0.4, -0.2) is 30.5 Å². The van der Waals surface area contributed by atoms with Gasteiger partial charge in [0, 0.05) is 19.2 Å². The Kier molecular flexibility index (Phi) is 4.12. The number of nitrogens with zero attached hydrogens (tertiary/aromatic N) is 1. The Bertz CT molecular complexity index is 431. The van der Waals surface area contributed by atoms with Gasteiger partial charge in [0.25, 0.3) is 5.91 Å². The number of carbonyl (C=O) groups is 1. The van der Waals surface area contributed by atoms with Crippen molar-refractivity contribution in [3.05, 3.63) is 29.8 Å². The molecule has 0 N–H and O–H groups in total. The van der Waals surface area contributed by atoms with E-state index in [-0.39, 0.29) is 18.3 Å². The largest absolute Gasteiger partial charge is 0.481 e. The first-order chi connectivity index (χ1) is 8.66. The summed E-state index contributed by atoms with van der Waals surface area (Å²) in [5, 5.41) is 0. The lowest BCUT2D eigenvalue weighted by Crippen LogP contribution is -2.38. The zero-order valence-electron chi connectivity index (χ0n) is 9.99. The number of piperidine rings is 1. The van der Waals surface area contributed by atoms with Crippen molar-refractivity contribution in [1.82, 2.24) is 4.90 Å². The highest BCUT2D eigenvalue weighted by Gasteiger charge is 2.17. The maximum atomic E-state index is 13.2. The van der Waals surface area contributed by atoms with Gasteiger partial charge in [-0.2, -0.15) is 0 Å². The van der Waals surface area contributed by atoms with Crippen LogP contribution in [-0.2, 0) is 4.79 Å². The quantitative estimate of drug-likeness (QED) is 0.829. The van der Waals surface area contributed by atoms with Gasteiger partial charge >= 0.3 is 0 Å². The predicted octanol–water partition coefficient (Wildman–Crippen LogP) is 2.36. The maximum Gasteiger partial charge on any atom is 0.260 e. The zero-order chi connectivity index (χ0) is 13.0. The molecule has 1 heterocycles. The number of halogens is 2. The molecular formula is C13H15F2NO2. The van der Waals surface area contributed by atoms with Gasteiger partial charge in [0.1, 0.15) is 5.82 Å². The van der Waals surface area contributed by atoms with E-state index >= 15 is 0 Å². The maximum absolute atomic E-state index is 13.2. The lowest BCUT2D eigenvalue weighted by atomic mass is 10.1. The average molecular weight is 255 g/mol. The van der Waals surface area contributed by atoms with Gasteiger partial charge in [0.05, 0.1) is 0 Å². The molecule has 1 amide bonds. The third kappa shape index (κ3) is 3.18. The number of ether oxygens (including phenoxy) is 1. The molecule has 1 aliphatic heterocycles. The molecule has 3 nitrogen and oxygen atoms in total. The normalized spacial score (nSPS) is 15.6. The first-order valence-electron chi connectivity index (χ1n) is 6.02. The fourth-order valence-corrected chi connectivity index (χ4v) is 1.96. The molecule has 0 saturated carbocycles. The fourth-order valence-electron chi connectivity index (χ4n) is 1.96. The van der Waals surface area contributed by atoms with Crippen molar-refractivity contribution in [2.45, 2.75) is 19.3 Å². The summed E-state index contributed by atoms with van der Waals surface area (Å²) < 4.78 is 31.2. The van der Waals surface area contributed by atoms with Crippen LogP contribution >= 0.6 is 0 Å². The number of likely N-dealkylation sites (tertiary alicyclic amines) is 1. The Hall–Kier alpha value is -1.65. The topological polar surface area (TPSA) is 29.5 Å². The highest BCUT2D eigenvalue weighted by atomic mass is 19.1. The zero-order valence-corrected chi connectivity index (χ0v) is 9.99. The molecule has 98 valence electrons. The van der Waals surface area contributed by atoms with Crippen LogP contribution in [0.15, 0.2) is 18.2 Å². The Morgan fingerprint density at radius 1 is 1.22 bits per heavy atom. The summed E-state index contributed by atoms with van der Waals surface area (Å²) in [5.74, 6) is -1.65. The lowest BCUT2D eigenvalue weighted by molar-refractivity contribution is -0.134. The van der Waals surface area contributed by atoms with Crippen molar-refractivity contribution in [2.24, 2.45) is 0 Å². The van der Waals surface area contributed by atoms with Crippen molar-refractivity contribution in [2.75, 3.05) is 19.7 Å². The van der Waals surface area contributed by atoms with Crippen LogP contribution in [0.1, 0.15) is 19.3 Å². The molecule has 0 bridgehead atoms. The van der Waals surface area contributed by atoms with E-state index in [1.165, 1.54) is 0 Å². The van der Waals surface area contributed by atoms with Crippen LogP contribution in [0.2, 0.25) is 0 Å². The van der Waals surface area contributed by atoms with Crippen molar-refractivity contribution in [3.63, 3.8) is 0 Å². The third-order valence-corrected chi connectivity index (χ3v) is 2.95. The van der Waals surface area contributed by atoms with Crippen LogP contribution in [0, 0.1) is 11.6 Å². The first kappa shape index (κ1) is 12.8. The Morgan fingerprint density at radius 3 is 2.67 bits per heavy atom. The summed E-state index contributed by atoms with van der Waals surface area (Å²) in [6.07, 6.45) is 3.10. The van der Waals surface area contributed by atoms with E-state index in [9.17, 15) is 13.6 Å². The molecule has 18 heavy (non-hydrogen) atoms. The molecule has 1 saturated heterocycles. The van der Waals surface area contributed by atoms with Crippen molar-refractivity contribution in [1.29, 1.82) is 0 Å². The summed E-state index contributed by atoms with van der Waals surface area (Å²) in [5.41, 5.74) is 0. The number of hydrogen-bond donors (Lipinski definition) is 0. The van der Waals surface area contributed by atoms with Gasteiger partial charge in [-0.3, -0.25) is 4.79 Å². The number of rotatable bonds is 3. The minimum atomic E-state index is -0.664. The molecular weight excluding hydrogens is 240 g/mol. The van der Waals surface area contributed by atoms with Gasteiger partial charge in [0.2, 0.25) is 0 Å². The summed E-state index contributed by atoms with van der Waals surface area (Å²) in [4.78, 5) is 13.4. The van der Waals surface area contributed by atoms with Crippen molar-refractivity contribution < 1.29 is 18.3 Å². The van der Waals surface area contributed by atoms with Gasteiger partial charge in [-0.1, -0.05) is 0 Å².